The minimum Gasteiger partial charge on any atom is -0.494 e. The van der Waals surface area contributed by atoms with Crippen molar-refractivity contribution in [2.24, 2.45) is 0 Å². The molecule has 9 heteroatoms. The third kappa shape index (κ3) is 3.55. The van der Waals surface area contributed by atoms with Crippen LogP contribution in [0.4, 0.5) is 10.2 Å². The summed E-state index contributed by atoms with van der Waals surface area (Å²) >= 11 is 5.89. The zero-order valence-electron chi connectivity index (χ0n) is 14.4. The van der Waals surface area contributed by atoms with Crippen LogP contribution in [0.1, 0.15) is 23.0 Å². The Labute approximate surface area is 154 Å². The lowest BCUT2D eigenvalue weighted by Crippen LogP contribution is -2.14. The van der Waals surface area contributed by atoms with Crippen LogP contribution in [-0.4, -0.2) is 36.8 Å². The summed E-state index contributed by atoms with van der Waals surface area (Å²) in [6.07, 6.45) is 0. The van der Waals surface area contributed by atoms with Crippen molar-refractivity contribution >= 4 is 29.1 Å². The average Bonchev–Trinajstić information content (AvgIpc) is 2.60. The van der Waals surface area contributed by atoms with Crippen LogP contribution in [0.5, 0.6) is 5.75 Å². The van der Waals surface area contributed by atoms with Gasteiger partial charge < -0.3 is 19.9 Å². The van der Waals surface area contributed by atoms with Crippen LogP contribution < -0.4 is 10.5 Å². The topological polar surface area (TPSA) is 96.6 Å². The Morgan fingerprint density at radius 1 is 1.35 bits per heavy atom. The van der Waals surface area contributed by atoms with Gasteiger partial charge in [-0.15, -0.1) is 0 Å². The number of halogens is 2. The number of aromatic nitrogens is 2. The van der Waals surface area contributed by atoms with Gasteiger partial charge in [-0.25, -0.2) is 19.2 Å². The Morgan fingerprint density at radius 2 is 2.04 bits per heavy atom. The Hall–Kier alpha value is -2.87. The van der Waals surface area contributed by atoms with Crippen molar-refractivity contribution in [1.29, 1.82) is 0 Å². The molecule has 1 heterocycles. The maximum atomic E-state index is 14.7. The minimum atomic E-state index is -0.794. The second kappa shape index (κ2) is 8.01. The number of esters is 1. The summed E-state index contributed by atoms with van der Waals surface area (Å²) in [6.45, 7) is 5.75. The Kier molecular flexibility index (Phi) is 5.99. The number of methoxy groups -OCH3 is 2. The SMILES string of the molecule is C=C(OCC)c1c(N)nc(-c2ccc(Cl)c(OC)c2F)nc1C(=O)OC. The van der Waals surface area contributed by atoms with Crippen LogP contribution in [0.2, 0.25) is 5.02 Å². The van der Waals surface area contributed by atoms with Gasteiger partial charge in [-0.05, 0) is 19.1 Å². The zero-order valence-corrected chi connectivity index (χ0v) is 15.2. The summed E-state index contributed by atoms with van der Waals surface area (Å²) in [5.74, 6) is -1.89. The first kappa shape index (κ1) is 19.5. The number of ether oxygens (including phenoxy) is 3. The third-order valence-corrected chi connectivity index (χ3v) is 3.70. The van der Waals surface area contributed by atoms with E-state index in [0.29, 0.717) is 6.61 Å². The molecule has 1 aromatic carbocycles. The molecule has 0 aliphatic heterocycles. The maximum Gasteiger partial charge on any atom is 0.357 e. The van der Waals surface area contributed by atoms with Crippen molar-refractivity contribution in [1.82, 2.24) is 9.97 Å². The van der Waals surface area contributed by atoms with Gasteiger partial charge in [0.15, 0.2) is 23.1 Å². The minimum absolute atomic E-state index is 0.0447. The van der Waals surface area contributed by atoms with Gasteiger partial charge in [0.1, 0.15) is 11.6 Å². The molecule has 2 aromatic rings. The second-order valence-corrected chi connectivity index (χ2v) is 5.35. The first-order chi connectivity index (χ1) is 12.3. The molecular formula is C17H17ClFN3O4. The molecule has 7 nitrogen and oxygen atoms in total. The van der Waals surface area contributed by atoms with E-state index >= 15 is 0 Å². The van der Waals surface area contributed by atoms with E-state index < -0.39 is 11.8 Å². The number of carbonyl (C=O) groups excluding carboxylic acids is 1. The van der Waals surface area contributed by atoms with E-state index in [9.17, 15) is 9.18 Å². The maximum absolute atomic E-state index is 14.7. The largest absolute Gasteiger partial charge is 0.494 e. The Morgan fingerprint density at radius 3 is 2.62 bits per heavy atom. The van der Waals surface area contributed by atoms with Gasteiger partial charge in [0.05, 0.1) is 37.0 Å². The van der Waals surface area contributed by atoms with Crippen molar-refractivity contribution in [3.63, 3.8) is 0 Å². The molecule has 0 atom stereocenters. The molecule has 0 saturated heterocycles. The predicted molar refractivity (Wildman–Crippen MR) is 95.4 cm³/mol. The van der Waals surface area contributed by atoms with Crippen molar-refractivity contribution in [2.45, 2.75) is 6.92 Å². The summed E-state index contributed by atoms with van der Waals surface area (Å²) in [5, 5.41) is 0.0799. The van der Waals surface area contributed by atoms with E-state index in [1.165, 1.54) is 26.4 Å². The third-order valence-electron chi connectivity index (χ3n) is 3.41. The fourth-order valence-corrected chi connectivity index (χ4v) is 2.48. The fraction of sp³-hybridized carbons (Fsp3) is 0.235. The molecule has 138 valence electrons. The quantitative estimate of drug-likeness (QED) is 0.605. The number of benzene rings is 1. The highest BCUT2D eigenvalue weighted by Crippen LogP contribution is 2.35. The second-order valence-electron chi connectivity index (χ2n) is 4.95. The van der Waals surface area contributed by atoms with E-state index in [4.69, 9.17) is 31.5 Å². The lowest BCUT2D eigenvalue weighted by Gasteiger charge is -2.15. The first-order valence-electron chi connectivity index (χ1n) is 7.45. The first-order valence-corrected chi connectivity index (χ1v) is 7.83. The number of anilines is 1. The average molecular weight is 382 g/mol. The van der Waals surface area contributed by atoms with Gasteiger partial charge in [0, 0.05) is 0 Å². The van der Waals surface area contributed by atoms with Gasteiger partial charge in [-0.2, -0.15) is 0 Å². The highest BCUT2D eigenvalue weighted by Gasteiger charge is 2.25. The molecule has 2 N–H and O–H groups in total. The fourth-order valence-electron chi connectivity index (χ4n) is 2.26. The predicted octanol–water partition coefficient (Wildman–Crippen LogP) is 3.32. The van der Waals surface area contributed by atoms with Crippen LogP contribution in [-0.2, 0) is 9.47 Å². The molecule has 0 fully saturated rings. The van der Waals surface area contributed by atoms with Crippen LogP contribution >= 0.6 is 11.6 Å². The standard InChI is InChI=1S/C17H17ClFN3O4/c1-5-26-8(2)11-13(17(23)25-4)21-16(22-15(11)20)9-6-7-10(18)14(24-3)12(9)19/h6-7H,2,5H2,1,3-4H3,(H2,20,21,22). The Bertz CT molecular complexity index is 874. The van der Waals surface area contributed by atoms with E-state index in [-0.39, 0.29) is 45.0 Å². The molecule has 0 radical (unpaired) electrons. The van der Waals surface area contributed by atoms with Crippen molar-refractivity contribution in [3.05, 3.63) is 40.8 Å². The molecule has 2 rings (SSSR count). The number of hydrogen-bond acceptors (Lipinski definition) is 7. The van der Waals surface area contributed by atoms with Crippen molar-refractivity contribution < 1.29 is 23.4 Å². The van der Waals surface area contributed by atoms with Gasteiger partial charge in [0.25, 0.3) is 0 Å². The highest BCUT2D eigenvalue weighted by molar-refractivity contribution is 6.32. The lowest BCUT2D eigenvalue weighted by molar-refractivity contribution is 0.0593. The van der Waals surface area contributed by atoms with Crippen LogP contribution in [0.15, 0.2) is 18.7 Å². The van der Waals surface area contributed by atoms with Crippen LogP contribution in [0.25, 0.3) is 17.1 Å². The number of rotatable bonds is 6. The van der Waals surface area contributed by atoms with Crippen LogP contribution in [0.3, 0.4) is 0 Å². The number of nitrogens with two attached hydrogens (primary N) is 1. The number of hydrogen-bond donors (Lipinski definition) is 1. The van der Waals surface area contributed by atoms with Gasteiger partial charge >= 0.3 is 5.97 Å². The van der Waals surface area contributed by atoms with E-state index in [1.54, 1.807) is 6.92 Å². The van der Waals surface area contributed by atoms with E-state index in [1.807, 2.05) is 0 Å². The molecule has 26 heavy (non-hydrogen) atoms. The molecule has 0 spiro atoms. The van der Waals surface area contributed by atoms with Gasteiger partial charge in [0.2, 0.25) is 0 Å². The molecule has 0 saturated carbocycles. The summed E-state index contributed by atoms with van der Waals surface area (Å²) in [6, 6.07) is 2.77. The molecule has 0 unspecified atom stereocenters. The molecule has 0 bridgehead atoms. The smallest absolute Gasteiger partial charge is 0.357 e. The zero-order chi connectivity index (χ0) is 19.4. The Balaban J connectivity index is 2.72. The number of nitrogens with zero attached hydrogens (tertiary/aromatic N) is 2. The summed E-state index contributed by atoms with van der Waals surface area (Å²) in [5.41, 5.74) is 5.80. The summed E-state index contributed by atoms with van der Waals surface area (Å²) in [7, 11) is 2.46. The van der Waals surface area contributed by atoms with Gasteiger partial charge in [-0.3, -0.25) is 0 Å². The monoisotopic (exact) mass is 381 g/mol. The van der Waals surface area contributed by atoms with Gasteiger partial charge in [-0.1, -0.05) is 18.2 Å². The lowest BCUT2D eigenvalue weighted by atomic mass is 10.1. The normalized spacial score (nSPS) is 10.3. The molecule has 1 aromatic heterocycles. The van der Waals surface area contributed by atoms with E-state index in [2.05, 4.69) is 16.5 Å². The van der Waals surface area contributed by atoms with Crippen LogP contribution in [0, 0.1) is 5.82 Å². The molecule has 0 amide bonds. The van der Waals surface area contributed by atoms with Crippen molar-refractivity contribution in [2.75, 3.05) is 26.6 Å². The highest BCUT2D eigenvalue weighted by atomic mass is 35.5. The molecule has 0 aliphatic rings. The molecular weight excluding hydrogens is 365 g/mol. The summed E-state index contributed by atoms with van der Waals surface area (Å²) < 4.78 is 29.6. The molecule has 0 aliphatic carbocycles. The number of carbonyl (C=O) groups is 1. The summed E-state index contributed by atoms with van der Waals surface area (Å²) in [4.78, 5) is 20.3. The van der Waals surface area contributed by atoms with E-state index in [0.717, 1.165) is 0 Å². The number of nitrogen functional groups attached to an aromatic ring is 1. The van der Waals surface area contributed by atoms with Crippen molar-refractivity contribution in [3.8, 4) is 17.1 Å².